The number of rotatable bonds is 5. The van der Waals surface area contributed by atoms with Crippen LogP contribution in [0.3, 0.4) is 0 Å². The third-order valence-corrected chi connectivity index (χ3v) is 4.39. The normalized spacial score (nSPS) is 11.9. The number of aromatic hydroxyl groups is 1. The van der Waals surface area contributed by atoms with Gasteiger partial charge >= 0.3 is 5.97 Å². The van der Waals surface area contributed by atoms with Gasteiger partial charge in [0.1, 0.15) is 11.4 Å². The third-order valence-electron chi connectivity index (χ3n) is 4.00. The first kappa shape index (κ1) is 17.7. The number of benzene rings is 2. The summed E-state index contributed by atoms with van der Waals surface area (Å²) in [6.45, 7) is 0. The number of hydrogen-bond donors (Lipinski definition) is 2. The number of hydrogen-bond acceptors (Lipinski definition) is 4. The Balaban J connectivity index is 1.95. The number of halogens is 1. The number of carbonyl (C=O) groups is 2. The predicted octanol–water partition coefficient (Wildman–Crippen LogP) is 3.23. The van der Waals surface area contributed by atoms with Gasteiger partial charge in [-0.2, -0.15) is 0 Å². The lowest BCUT2D eigenvalue weighted by Crippen LogP contribution is -2.40. The second-order valence-corrected chi connectivity index (χ2v) is 6.06. The number of carboxylic acid groups (broad SMARTS) is 1. The van der Waals surface area contributed by atoms with Crippen LogP contribution in [0.25, 0.3) is 10.8 Å². The molecule has 1 aromatic heterocycles. The van der Waals surface area contributed by atoms with Crippen molar-refractivity contribution >= 4 is 34.4 Å². The second kappa shape index (κ2) is 7.41. The molecule has 0 radical (unpaired) electrons. The van der Waals surface area contributed by atoms with Crippen molar-refractivity contribution in [3.05, 3.63) is 72.1 Å². The van der Waals surface area contributed by atoms with Gasteiger partial charge in [0.15, 0.2) is 6.04 Å². The van der Waals surface area contributed by atoms with E-state index in [2.05, 4.69) is 4.98 Å². The minimum absolute atomic E-state index is 0.0206. The molecule has 0 saturated carbocycles. The zero-order valence-electron chi connectivity index (χ0n) is 13.5. The van der Waals surface area contributed by atoms with Crippen molar-refractivity contribution in [2.45, 2.75) is 12.5 Å². The van der Waals surface area contributed by atoms with Crippen molar-refractivity contribution < 1.29 is 19.8 Å². The van der Waals surface area contributed by atoms with Crippen molar-refractivity contribution in [2.24, 2.45) is 0 Å². The second-order valence-electron chi connectivity index (χ2n) is 5.70. The van der Waals surface area contributed by atoms with Gasteiger partial charge in [0, 0.05) is 29.0 Å². The summed E-state index contributed by atoms with van der Waals surface area (Å²) in [5.74, 6) is -2.04. The zero-order valence-corrected chi connectivity index (χ0v) is 14.3. The van der Waals surface area contributed by atoms with E-state index >= 15 is 0 Å². The van der Waals surface area contributed by atoms with Crippen molar-refractivity contribution in [1.29, 1.82) is 0 Å². The summed E-state index contributed by atoms with van der Waals surface area (Å²) in [6, 6.07) is 14.3. The molecule has 0 fully saturated rings. The Kier molecular flexibility index (Phi) is 5.04. The van der Waals surface area contributed by atoms with Crippen LogP contribution in [0.1, 0.15) is 16.1 Å². The van der Waals surface area contributed by atoms with E-state index in [-0.39, 0.29) is 17.9 Å². The van der Waals surface area contributed by atoms with Gasteiger partial charge < -0.3 is 10.2 Å². The van der Waals surface area contributed by atoms with Gasteiger partial charge in [0.2, 0.25) is 0 Å². The van der Waals surface area contributed by atoms with Crippen LogP contribution >= 0.6 is 11.8 Å². The van der Waals surface area contributed by atoms with E-state index in [1.165, 1.54) is 0 Å². The average Bonchev–Trinajstić information content (AvgIpc) is 2.66. The maximum atomic E-state index is 12.8. The van der Waals surface area contributed by atoms with Crippen LogP contribution in [-0.4, -0.2) is 37.5 Å². The molecule has 0 saturated heterocycles. The molecule has 7 heteroatoms. The number of aliphatic carboxylic acids is 1. The molecule has 26 heavy (non-hydrogen) atoms. The fourth-order valence-corrected chi connectivity index (χ4v) is 2.93. The fourth-order valence-electron chi connectivity index (χ4n) is 2.69. The molecule has 1 heterocycles. The van der Waals surface area contributed by atoms with Crippen molar-refractivity contribution in [3.63, 3.8) is 0 Å². The Bertz CT molecular complexity index is 962. The van der Waals surface area contributed by atoms with Gasteiger partial charge in [-0.1, -0.05) is 54.6 Å². The first-order chi connectivity index (χ1) is 12.5. The lowest BCUT2D eigenvalue weighted by atomic mass is 10.0. The predicted molar refractivity (Wildman–Crippen MR) is 97.0 cm³/mol. The number of amides is 1. The lowest BCUT2D eigenvalue weighted by molar-refractivity contribution is -0.140. The third kappa shape index (κ3) is 3.45. The Morgan fingerprint density at radius 2 is 1.65 bits per heavy atom. The Labute approximate surface area is 154 Å². The van der Waals surface area contributed by atoms with Crippen molar-refractivity contribution in [1.82, 2.24) is 9.40 Å². The highest BCUT2D eigenvalue weighted by Crippen LogP contribution is 2.27. The molecule has 0 spiro atoms. The average molecular weight is 371 g/mol. The highest BCUT2D eigenvalue weighted by Gasteiger charge is 2.31. The summed E-state index contributed by atoms with van der Waals surface area (Å²) in [4.78, 5) is 28.4. The SMILES string of the molecule is O=C(O)[C@@H](Cc1ccccc1)N(Cl)C(=O)c1ncc(O)c2ccccc12. The van der Waals surface area contributed by atoms with Crippen LogP contribution in [0.5, 0.6) is 5.75 Å². The van der Waals surface area contributed by atoms with E-state index in [1.807, 2.05) is 6.07 Å². The molecule has 0 aliphatic rings. The van der Waals surface area contributed by atoms with E-state index in [4.69, 9.17) is 11.8 Å². The van der Waals surface area contributed by atoms with E-state index in [0.717, 1.165) is 11.8 Å². The Morgan fingerprint density at radius 1 is 1.04 bits per heavy atom. The molecule has 1 amide bonds. The van der Waals surface area contributed by atoms with Crippen LogP contribution in [-0.2, 0) is 11.2 Å². The molecular weight excluding hydrogens is 356 g/mol. The number of aromatic nitrogens is 1. The fraction of sp³-hybridized carbons (Fsp3) is 0.105. The first-order valence-corrected chi connectivity index (χ1v) is 8.15. The van der Waals surface area contributed by atoms with Crippen LogP contribution in [0, 0.1) is 0 Å². The summed E-state index contributed by atoms with van der Waals surface area (Å²) < 4.78 is 0.654. The summed E-state index contributed by atoms with van der Waals surface area (Å²) in [7, 11) is 0. The van der Waals surface area contributed by atoms with E-state index in [9.17, 15) is 19.8 Å². The summed E-state index contributed by atoms with van der Waals surface area (Å²) >= 11 is 6.12. The van der Waals surface area contributed by atoms with E-state index < -0.39 is 17.9 Å². The molecule has 0 unspecified atom stereocenters. The van der Waals surface area contributed by atoms with Gasteiger partial charge in [-0.25, -0.2) is 14.2 Å². The molecule has 3 aromatic rings. The molecule has 0 bridgehead atoms. The number of pyridine rings is 1. The van der Waals surface area contributed by atoms with Gasteiger partial charge in [0.25, 0.3) is 5.91 Å². The minimum Gasteiger partial charge on any atom is -0.506 e. The van der Waals surface area contributed by atoms with Crippen molar-refractivity contribution in [3.8, 4) is 5.75 Å². The zero-order chi connectivity index (χ0) is 18.7. The summed E-state index contributed by atoms with van der Waals surface area (Å²) in [5, 5.41) is 20.2. The molecule has 0 aliphatic carbocycles. The number of fused-ring (bicyclic) bond motifs is 1. The number of nitrogens with zero attached hydrogens (tertiary/aromatic N) is 2. The highest BCUT2D eigenvalue weighted by atomic mass is 35.5. The largest absolute Gasteiger partial charge is 0.506 e. The molecule has 132 valence electrons. The Hall–Kier alpha value is -3.12. The number of carboxylic acids is 1. The molecule has 2 aromatic carbocycles. The molecule has 6 nitrogen and oxygen atoms in total. The maximum absolute atomic E-state index is 12.8. The van der Waals surface area contributed by atoms with E-state index in [0.29, 0.717) is 15.2 Å². The molecule has 2 N–H and O–H groups in total. The lowest BCUT2D eigenvalue weighted by Gasteiger charge is -2.22. The summed E-state index contributed by atoms with van der Waals surface area (Å²) in [5.41, 5.74) is 0.717. The molecular formula is C19H15ClN2O4. The molecule has 3 rings (SSSR count). The quantitative estimate of drug-likeness (QED) is 0.673. The highest BCUT2D eigenvalue weighted by molar-refractivity contribution is 6.26. The first-order valence-electron chi connectivity index (χ1n) is 7.82. The monoisotopic (exact) mass is 370 g/mol. The number of carbonyl (C=O) groups excluding carboxylic acids is 1. The smallest absolute Gasteiger partial charge is 0.328 e. The van der Waals surface area contributed by atoms with Gasteiger partial charge in [-0.05, 0) is 5.56 Å². The molecule has 0 aliphatic heterocycles. The van der Waals surface area contributed by atoms with E-state index in [1.54, 1.807) is 48.5 Å². The Morgan fingerprint density at radius 3 is 2.31 bits per heavy atom. The van der Waals surface area contributed by atoms with Crippen LogP contribution in [0.2, 0.25) is 0 Å². The summed E-state index contributed by atoms with van der Waals surface area (Å²) in [6.07, 6.45) is 1.20. The van der Waals surface area contributed by atoms with Crippen molar-refractivity contribution in [2.75, 3.05) is 0 Å². The topological polar surface area (TPSA) is 90.7 Å². The molecule has 1 atom stereocenters. The van der Waals surface area contributed by atoms with Crippen LogP contribution in [0.15, 0.2) is 60.8 Å². The van der Waals surface area contributed by atoms with Gasteiger partial charge in [-0.3, -0.25) is 4.79 Å². The minimum atomic E-state index is -1.26. The van der Waals surface area contributed by atoms with Gasteiger partial charge in [-0.15, -0.1) is 0 Å². The van der Waals surface area contributed by atoms with Gasteiger partial charge in [0.05, 0.1) is 6.20 Å². The van der Waals surface area contributed by atoms with Crippen LogP contribution < -0.4 is 0 Å². The van der Waals surface area contributed by atoms with Crippen LogP contribution in [0.4, 0.5) is 0 Å². The maximum Gasteiger partial charge on any atom is 0.328 e. The standard InChI is InChI=1S/C19H15ClN2O4/c20-22(15(19(25)26)10-12-6-2-1-3-7-12)18(24)17-14-9-5-4-8-13(14)16(23)11-21-17/h1-9,11,15,23H,10H2,(H,25,26)/t15-/m1/s1.